The molecule has 7 nitrogen and oxygen atoms in total. The van der Waals surface area contributed by atoms with Crippen LogP contribution in [0.1, 0.15) is 36.5 Å². The van der Waals surface area contributed by atoms with Gasteiger partial charge in [-0.05, 0) is 44.4 Å². The van der Waals surface area contributed by atoms with E-state index in [4.69, 9.17) is 4.98 Å². The average molecular weight is 448 g/mol. The van der Waals surface area contributed by atoms with Crippen LogP contribution >= 0.6 is 0 Å². The zero-order valence-corrected chi connectivity index (χ0v) is 18.0. The van der Waals surface area contributed by atoms with Gasteiger partial charge in [-0.1, -0.05) is 0 Å². The maximum absolute atomic E-state index is 13.4. The van der Waals surface area contributed by atoms with Gasteiger partial charge in [0, 0.05) is 38.9 Å². The molecule has 1 unspecified atom stereocenters. The van der Waals surface area contributed by atoms with Crippen LogP contribution in [0.2, 0.25) is 0 Å². The minimum atomic E-state index is -4.28. The van der Waals surface area contributed by atoms with Crippen LogP contribution in [-0.4, -0.2) is 54.8 Å². The fourth-order valence-corrected chi connectivity index (χ4v) is 4.27. The minimum Gasteiger partial charge on any atom is -0.369 e. The van der Waals surface area contributed by atoms with E-state index in [1.54, 1.807) is 29.3 Å². The fourth-order valence-electron chi connectivity index (χ4n) is 4.27. The first-order valence-corrected chi connectivity index (χ1v) is 10.9. The van der Waals surface area contributed by atoms with Gasteiger partial charge in [0.25, 0.3) is 5.91 Å². The van der Waals surface area contributed by atoms with Crippen molar-refractivity contribution in [2.45, 2.75) is 32.4 Å². The number of carbonyl (C=O) groups is 1. The van der Waals surface area contributed by atoms with Crippen molar-refractivity contribution in [2.75, 3.05) is 53.2 Å². The lowest BCUT2D eigenvalue weighted by molar-refractivity contribution is -0.176. The first kappa shape index (κ1) is 22.2. The molecule has 0 saturated carbocycles. The topological polar surface area (TPSA) is 73.4 Å². The van der Waals surface area contributed by atoms with Crippen LogP contribution in [0.15, 0.2) is 30.6 Å². The van der Waals surface area contributed by atoms with Gasteiger partial charge >= 0.3 is 6.18 Å². The van der Waals surface area contributed by atoms with Gasteiger partial charge in [0.05, 0.1) is 29.1 Å². The van der Waals surface area contributed by atoms with Gasteiger partial charge in [0.15, 0.2) is 5.82 Å². The van der Waals surface area contributed by atoms with E-state index in [-0.39, 0.29) is 24.3 Å². The summed E-state index contributed by atoms with van der Waals surface area (Å²) in [6, 6.07) is 5.16. The summed E-state index contributed by atoms with van der Waals surface area (Å²) in [5, 5.41) is 6.09. The molecule has 2 aliphatic rings. The second kappa shape index (κ2) is 9.22. The van der Waals surface area contributed by atoms with Crippen LogP contribution in [0.5, 0.6) is 0 Å². The van der Waals surface area contributed by atoms with Gasteiger partial charge in [-0.25, -0.2) is 4.98 Å². The summed E-state index contributed by atoms with van der Waals surface area (Å²) in [4.78, 5) is 25.7. The van der Waals surface area contributed by atoms with Crippen molar-refractivity contribution >= 4 is 28.9 Å². The van der Waals surface area contributed by atoms with Crippen LogP contribution < -0.4 is 20.4 Å². The molecule has 2 aromatic heterocycles. The highest BCUT2D eigenvalue weighted by Gasteiger charge is 2.42. The lowest BCUT2D eigenvalue weighted by atomic mass is 9.97. The van der Waals surface area contributed by atoms with E-state index in [9.17, 15) is 18.0 Å². The first-order chi connectivity index (χ1) is 15.4. The molecule has 1 fully saturated rings. The Balaban J connectivity index is 1.75. The van der Waals surface area contributed by atoms with E-state index in [1.807, 2.05) is 6.92 Å². The number of anilines is 4. The molecule has 4 rings (SSSR count). The summed E-state index contributed by atoms with van der Waals surface area (Å²) in [7, 11) is 0. The molecule has 0 radical (unpaired) electrons. The molecule has 0 spiro atoms. The Morgan fingerprint density at radius 2 is 2.16 bits per heavy atom. The third-order valence-corrected chi connectivity index (χ3v) is 5.95. The van der Waals surface area contributed by atoms with Crippen molar-refractivity contribution < 1.29 is 18.0 Å². The van der Waals surface area contributed by atoms with E-state index in [2.05, 4.69) is 20.5 Å². The predicted molar refractivity (Wildman–Crippen MR) is 118 cm³/mol. The molecule has 1 amide bonds. The maximum atomic E-state index is 13.4. The van der Waals surface area contributed by atoms with Crippen molar-refractivity contribution in [1.29, 1.82) is 0 Å². The Kier molecular flexibility index (Phi) is 6.38. The molecule has 0 bridgehead atoms. The fraction of sp³-hybridized carbons (Fsp3) is 0.500. The number of nitrogens with zero attached hydrogens (tertiary/aromatic N) is 4. The molecule has 4 heterocycles. The molecule has 1 atom stereocenters. The summed E-state index contributed by atoms with van der Waals surface area (Å²) < 4.78 is 40.3. The van der Waals surface area contributed by atoms with Crippen LogP contribution in [0.4, 0.5) is 36.2 Å². The summed E-state index contributed by atoms with van der Waals surface area (Å²) in [5.74, 6) is -0.972. The second-order valence-electron chi connectivity index (χ2n) is 8.11. The van der Waals surface area contributed by atoms with Gasteiger partial charge in [-0.3, -0.25) is 9.78 Å². The molecule has 2 aliphatic heterocycles. The Bertz CT molecular complexity index is 953. The van der Waals surface area contributed by atoms with Crippen LogP contribution in [0.3, 0.4) is 0 Å². The Labute approximate surface area is 185 Å². The largest absolute Gasteiger partial charge is 0.393 e. The van der Waals surface area contributed by atoms with Crippen LogP contribution in [0, 0.1) is 5.92 Å². The van der Waals surface area contributed by atoms with Crippen molar-refractivity contribution in [2.24, 2.45) is 5.92 Å². The van der Waals surface area contributed by atoms with Crippen LogP contribution in [-0.2, 0) is 0 Å². The first-order valence-electron chi connectivity index (χ1n) is 10.9. The maximum Gasteiger partial charge on any atom is 0.393 e. The van der Waals surface area contributed by atoms with Gasteiger partial charge in [-0.15, -0.1) is 0 Å². The van der Waals surface area contributed by atoms with E-state index in [0.717, 1.165) is 25.2 Å². The van der Waals surface area contributed by atoms with Gasteiger partial charge in [-0.2, -0.15) is 13.2 Å². The van der Waals surface area contributed by atoms with Crippen molar-refractivity contribution in [1.82, 2.24) is 9.97 Å². The van der Waals surface area contributed by atoms with E-state index in [0.29, 0.717) is 31.0 Å². The van der Waals surface area contributed by atoms with Gasteiger partial charge in [0.1, 0.15) is 5.82 Å². The van der Waals surface area contributed by atoms with E-state index < -0.39 is 18.0 Å². The summed E-state index contributed by atoms with van der Waals surface area (Å²) in [5.41, 5.74) is 1.56. The monoisotopic (exact) mass is 448 g/mol. The normalized spacial score (nSPS) is 19.1. The van der Waals surface area contributed by atoms with Gasteiger partial charge < -0.3 is 20.4 Å². The standard InChI is InChI=1S/C22H27F3N6O/c1-2-30-11-5-9-27-19-18(30)12-17(21(32)28-16-7-3-8-26-13-16)20(29-19)31-10-4-6-15(14-31)22(23,24)25/h3,7-8,12-13,15H,2,4-6,9-11,14H2,1H3,(H,27,29)(H,28,32). The second-order valence-corrected chi connectivity index (χ2v) is 8.11. The zero-order valence-electron chi connectivity index (χ0n) is 18.0. The lowest BCUT2D eigenvalue weighted by Crippen LogP contribution is -2.43. The third kappa shape index (κ3) is 4.73. The number of hydrogen-bond donors (Lipinski definition) is 2. The molecule has 2 aromatic rings. The summed E-state index contributed by atoms with van der Waals surface area (Å²) in [6.07, 6.45) is 0.220. The number of hydrogen-bond acceptors (Lipinski definition) is 6. The van der Waals surface area contributed by atoms with Crippen molar-refractivity contribution in [3.8, 4) is 0 Å². The number of pyridine rings is 2. The molecule has 0 aromatic carbocycles. The number of aromatic nitrogens is 2. The Hall–Kier alpha value is -3.04. The third-order valence-electron chi connectivity index (χ3n) is 5.95. The highest BCUT2D eigenvalue weighted by atomic mass is 19.4. The molecular weight excluding hydrogens is 421 g/mol. The number of piperidine rings is 1. The van der Waals surface area contributed by atoms with Gasteiger partial charge in [0.2, 0.25) is 0 Å². The number of fused-ring (bicyclic) bond motifs is 1. The number of carbonyl (C=O) groups excluding carboxylic acids is 1. The SMILES string of the molecule is CCN1CCCNc2nc(N3CCCC(C(F)(F)F)C3)c(C(=O)Nc3cccnc3)cc21. The summed E-state index contributed by atoms with van der Waals surface area (Å²) in [6.45, 7) is 4.49. The van der Waals surface area contributed by atoms with Crippen LogP contribution in [0.25, 0.3) is 0 Å². The number of amides is 1. The zero-order chi connectivity index (χ0) is 22.7. The van der Waals surface area contributed by atoms with E-state index in [1.165, 1.54) is 6.20 Å². The predicted octanol–water partition coefficient (Wildman–Crippen LogP) is 4.15. The highest BCUT2D eigenvalue weighted by Crippen LogP contribution is 2.38. The minimum absolute atomic E-state index is 0.0873. The smallest absolute Gasteiger partial charge is 0.369 e. The molecule has 1 saturated heterocycles. The Morgan fingerprint density at radius 1 is 1.31 bits per heavy atom. The number of nitrogens with one attached hydrogen (secondary N) is 2. The highest BCUT2D eigenvalue weighted by molar-refractivity contribution is 6.08. The number of rotatable bonds is 4. The molecule has 10 heteroatoms. The van der Waals surface area contributed by atoms with Crippen molar-refractivity contribution in [3.63, 3.8) is 0 Å². The molecule has 0 aliphatic carbocycles. The van der Waals surface area contributed by atoms with Crippen molar-refractivity contribution in [3.05, 3.63) is 36.2 Å². The molecule has 2 N–H and O–H groups in total. The molecular formula is C22H27F3N6O. The molecule has 172 valence electrons. The number of halogens is 3. The lowest BCUT2D eigenvalue weighted by Gasteiger charge is -2.36. The summed E-state index contributed by atoms with van der Waals surface area (Å²) >= 11 is 0. The molecule has 32 heavy (non-hydrogen) atoms. The average Bonchev–Trinajstić information content (AvgIpc) is 3.00. The quantitative estimate of drug-likeness (QED) is 0.732. The number of alkyl halides is 3. The van der Waals surface area contributed by atoms with E-state index >= 15 is 0 Å². The Morgan fingerprint density at radius 3 is 2.88 bits per heavy atom.